The summed E-state index contributed by atoms with van der Waals surface area (Å²) in [6, 6.07) is 8.55. The first kappa shape index (κ1) is 13.9. The van der Waals surface area contributed by atoms with Crippen molar-refractivity contribution >= 4 is 11.4 Å². The number of para-hydroxylation sites is 2. The summed E-state index contributed by atoms with van der Waals surface area (Å²) in [7, 11) is 1.99. The zero-order valence-corrected chi connectivity index (χ0v) is 11.5. The van der Waals surface area contributed by atoms with Crippen LogP contribution in [0.15, 0.2) is 24.3 Å². The molecule has 0 aliphatic carbocycles. The summed E-state index contributed by atoms with van der Waals surface area (Å²) in [5.41, 5.74) is 2.55. The largest absolute Gasteiger partial charge is 0.386 e. The van der Waals surface area contributed by atoms with Crippen molar-refractivity contribution in [2.75, 3.05) is 30.4 Å². The minimum atomic E-state index is 1.07. The number of nitrogens with zero attached hydrogens (tertiary/aromatic N) is 1. The van der Waals surface area contributed by atoms with Crippen LogP contribution in [0, 0.1) is 0 Å². The van der Waals surface area contributed by atoms with Gasteiger partial charge in [-0.1, -0.05) is 38.3 Å². The fourth-order valence-electron chi connectivity index (χ4n) is 2.14. The first-order chi connectivity index (χ1) is 8.33. The molecule has 2 heteroatoms. The van der Waals surface area contributed by atoms with E-state index in [0.717, 1.165) is 13.1 Å². The van der Waals surface area contributed by atoms with Gasteiger partial charge in [0.15, 0.2) is 0 Å². The van der Waals surface area contributed by atoms with Crippen LogP contribution in [0.1, 0.15) is 39.5 Å². The van der Waals surface area contributed by atoms with E-state index >= 15 is 0 Å². The Labute approximate surface area is 106 Å². The lowest BCUT2D eigenvalue weighted by Gasteiger charge is -2.25. The van der Waals surface area contributed by atoms with E-state index in [0.29, 0.717) is 0 Å². The Morgan fingerprint density at radius 2 is 1.82 bits per heavy atom. The minimum absolute atomic E-state index is 1.07. The predicted octanol–water partition coefficient (Wildman–Crippen LogP) is 4.13. The molecule has 0 bridgehead atoms. The fraction of sp³-hybridized carbons (Fsp3) is 0.600. The van der Waals surface area contributed by atoms with Gasteiger partial charge in [0.25, 0.3) is 0 Å². The molecule has 0 fully saturated rings. The lowest BCUT2D eigenvalue weighted by Crippen LogP contribution is -2.24. The Hall–Kier alpha value is -1.18. The summed E-state index contributed by atoms with van der Waals surface area (Å²) in [5, 5.41) is 3.27. The van der Waals surface area contributed by atoms with Crippen LogP contribution in [0.2, 0.25) is 0 Å². The standard InChI is InChI=1S/C15H26N2/c1-4-6-7-10-13-17(5-2)15-12-9-8-11-14(15)16-3/h8-9,11-12,16H,4-7,10,13H2,1-3H3. The van der Waals surface area contributed by atoms with Gasteiger partial charge < -0.3 is 10.2 Å². The lowest BCUT2D eigenvalue weighted by atomic mass is 10.2. The third-order valence-corrected chi connectivity index (χ3v) is 3.18. The first-order valence-electron chi connectivity index (χ1n) is 6.85. The molecule has 0 saturated heterocycles. The van der Waals surface area contributed by atoms with E-state index < -0.39 is 0 Å². The summed E-state index contributed by atoms with van der Waals surface area (Å²) >= 11 is 0. The minimum Gasteiger partial charge on any atom is -0.386 e. The molecule has 17 heavy (non-hydrogen) atoms. The zero-order valence-electron chi connectivity index (χ0n) is 11.5. The van der Waals surface area contributed by atoms with Crippen LogP contribution in [0.3, 0.4) is 0 Å². The number of hydrogen-bond donors (Lipinski definition) is 1. The maximum absolute atomic E-state index is 3.27. The van der Waals surface area contributed by atoms with Gasteiger partial charge >= 0.3 is 0 Å². The van der Waals surface area contributed by atoms with Gasteiger partial charge in [0.1, 0.15) is 0 Å². The normalized spacial score (nSPS) is 10.3. The summed E-state index contributed by atoms with van der Waals surface area (Å²) in [6.45, 7) is 6.72. The molecule has 1 N–H and O–H groups in total. The number of rotatable bonds is 8. The first-order valence-corrected chi connectivity index (χ1v) is 6.85. The number of nitrogens with one attached hydrogen (secondary N) is 1. The van der Waals surface area contributed by atoms with Crippen LogP contribution < -0.4 is 10.2 Å². The van der Waals surface area contributed by atoms with Crippen molar-refractivity contribution < 1.29 is 0 Å². The van der Waals surface area contributed by atoms with Crippen LogP contribution >= 0.6 is 0 Å². The molecule has 2 nitrogen and oxygen atoms in total. The topological polar surface area (TPSA) is 15.3 Å². The monoisotopic (exact) mass is 234 g/mol. The van der Waals surface area contributed by atoms with Gasteiger partial charge in [-0.25, -0.2) is 0 Å². The van der Waals surface area contributed by atoms with Gasteiger partial charge in [-0.3, -0.25) is 0 Å². The molecule has 1 rings (SSSR count). The summed E-state index contributed by atoms with van der Waals surface area (Å²) < 4.78 is 0. The highest BCUT2D eigenvalue weighted by atomic mass is 15.1. The Bertz CT molecular complexity index is 310. The Kier molecular flexibility index (Phi) is 6.53. The number of anilines is 2. The molecule has 0 aliphatic heterocycles. The summed E-state index contributed by atoms with van der Waals surface area (Å²) in [4.78, 5) is 2.46. The van der Waals surface area contributed by atoms with Crippen molar-refractivity contribution in [3.63, 3.8) is 0 Å². The van der Waals surface area contributed by atoms with Gasteiger partial charge in [-0.2, -0.15) is 0 Å². The molecule has 96 valence electrons. The van der Waals surface area contributed by atoms with Crippen molar-refractivity contribution in [3.05, 3.63) is 24.3 Å². The van der Waals surface area contributed by atoms with E-state index in [2.05, 4.69) is 48.3 Å². The van der Waals surface area contributed by atoms with Gasteiger partial charge in [-0.05, 0) is 25.5 Å². The zero-order chi connectivity index (χ0) is 12.5. The molecular formula is C15H26N2. The molecule has 0 unspecified atom stereocenters. The smallest absolute Gasteiger partial charge is 0.0601 e. The SMILES string of the molecule is CCCCCCN(CC)c1ccccc1NC. The molecule has 1 aromatic carbocycles. The Morgan fingerprint density at radius 3 is 2.47 bits per heavy atom. The maximum Gasteiger partial charge on any atom is 0.0601 e. The summed E-state index contributed by atoms with van der Waals surface area (Å²) in [6.07, 6.45) is 5.29. The van der Waals surface area contributed by atoms with Gasteiger partial charge in [0.2, 0.25) is 0 Å². The average Bonchev–Trinajstić information content (AvgIpc) is 2.39. The van der Waals surface area contributed by atoms with Crippen molar-refractivity contribution in [3.8, 4) is 0 Å². The Balaban J connectivity index is 2.59. The van der Waals surface area contributed by atoms with E-state index in [1.165, 1.54) is 37.1 Å². The van der Waals surface area contributed by atoms with Gasteiger partial charge in [-0.15, -0.1) is 0 Å². The van der Waals surface area contributed by atoms with Crippen molar-refractivity contribution in [2.45, 2.75) is 39.5 Å². The molecule has 0 heterocycles. The number of unbranched alkanes of at least 4 members (excludes halogenated alkanes) is 3. The number of hydrogen-bond acceptors (Lipinski definition) is 2. The highest BCUT2D eigenvalue weighted by molar-refractivity contribution is 5.69. The Morgan fingerprint density at radius 1 is 1.06 bits per heavy atom. The second-order valence-electron chi connectivity index (χ2n) is 4.41. The van der Waals surface area contributed by atoms with E-state index in [9.17, 15) is 0 Å². The second-order valence-corrected chi connectivity index (χ2v) is 4.41. The third-order valence-electron chi connectivity index (χ3n) is 3.18. The fourth-order valence-corrected chi connectivity index (χ4v) is 2.14. The quantitative estimate of drug-likeness (QED) is 0.680. The van der Waals surface area contributed by atoms with Gasteiger partial charge in [0, 0.05) is 20.1 Å². The van der Waals surface area contributed by atoms with Crippen molar-refractivity contribution in [1.82, 2.24) is 0 Å². The van der Waals surface area contributed by atoms with Crippen molar-refractivity contribution in [2.24, 2.45) is 0 Å². The molecule has 0 atom stereocenters. The van der Waals surface area contributed by atoms with Crippen molar-refractivity contribution in [1.29, 1.82) is 0 Å². The van der Waals surface area contributed by atoms with Crippen LogP contribution in [-0.4, -0.2) is 20.1 Å². The molecule has 0 aliphatic rings. The lowest BCUT2D eigenvalue weighted by molar-refractivity contribution is 0.649. The van der Waals surface area contributed by atoms with E-state index in [-0.39, 0.29) is 0 Å². The molecule has 1 aromatic rings. The summed E-state index contributed by atoms with van der Waals surface area (Å²) in [5.74, 6) is 0. The van der Waals surface area contributed by atoms with Gasteiger partial charge in [0.05, 0.1) is 11.4 Å². The average molecular weight is 234 g/mol. The molecule has 0 aromatic heterocycles. The third kappa shape index (κ3) is 4.29. The van der Waals surface area contributed by atoms with Crippen LogP contribution in [-0.2, 0) is 0 Å². The highest BCUT2D eigenvalue weighted by Crippen LogP contribution is 2.25. The number of benzene rings is 1. The molecule has 0 radical (unpaired) electrons. The molecular weight excluding hydrogens is 208 g/mol. The molecule has 0 amide bonds. The van der Waals surface area contributed by atoms with Crippen LogP contribution in [0.4, 0.5) is 11.4 Å². The van der Waals surface area contributed by atoms with Crippen LogP contribution in [0.25, 0.3) is 0 Å². The van der Waals surface area contributed by atoms with E-state index in [1.807, 2.05) is 7.05 Å². The predicted molar refractivity (Wildman–Crippen MR) is 78.0 cm³/mol. The van der Waals surface area contributed by atoms with E-state index in [1.54, 1.807) is 0 Å². The molecule has 0 saturated carbocycles. The van der Waals surface area contributed by atoms with Crippen LogP contribution in [0.5, 0.6) is 0 Å². The molecule has 0 spiro atoms. The maximum atomic E-state index is 3.27. The highest BCUT2D eigenvalue weighted by Gasteiger charge is 2.07. The van der Waals surface area contributed by atoms with E-state index in [4.69, 9.17) is 0 Å². The second kappa shape index (κ2) is 7.99.